The van der Waals surface area contributed by atoms with Gasteiger partial charge in [0.05, 0.1) is 0 Å². The van der Waals surface area contributed by atoms with Crippen molar-refractivity contribution in [3.05, 3.63) is 29.8 Å². The third kappa shape index (κ3) is 2.98. The van der Waals surface area contributed by atoms with Crippen molar-refractivity contribution >= 4 is 0 Å². The van der Waals surface area contributed by atoms with Gasteiger partial charge < -0.3 is 5.11 Å². The average Bonchev–Trinajstić information content (AvgIpc) is 2.02. The van der Waals surface area contributed by atoms with Gasteiger partial charge in [-0.25, -0.2) is 8.78 Å². The van der Waals surface area contributed by atoms with E-state index in [9.17, 15) is 8.78 Å². The van der Waals surface area contributed by atoms with Crippen molar-refractivity contribution in [2.24, 2.45) is 0 Å². The third-order valence-corrected chi connectivity index (χ3v) is 0.910. The Morgan fingerprint density at radius 1 is 1.18 bits per heavy atom. The summed E-state index contributed by atoms with van der Waals surface area (Å²) < 4.78 is 24.1. The largest absolute Gasteiger partial charge is 0.505 e. The molecule has 3 heteroatoms. The fourth-order valence-electron chi connectivity index (χ4n) is 0.481. The predicted octanol–water partition coefficient (Wildman–Crippen LogP) is 2.70. The third-order valence-electron chi connectivity index (χ3n) is 0.910. The fourth-order valence-corrected chi connectivity index (χ4v) is 0.481. The van der Waals surface area contributed by atoms with Gasteiger partial charge in [0.25, 0.3) is 0 Å². The molecule has 0 saturated heterocycles. The zero-order chi connectivity index (χ0) is 8.85. The van der Waals surface area contributed by atoms with E-state index in [2.05, 4.69) is 0 Å². The van der Waals surface area contributed by atoms with Crippen LogP contribution >= 0.6 is 0 Å². The maximum absolute atomic E-state index is 12.1. The van der Waals surface area contributed by atoms with Crippen LogP contribution in [0, 0.1) is 11.6 Å². The lowest BCUT2D eigenvalue weighted by atomic mass is 10.3. The van der Waals surface area contributed by atoms with E-state index in [1.165, 1.54) is 0 Å². The molecule has 11 heavy (non-hydrogen) atoms. The second-order valence-corrected chi connectivity index (χ2v) is 1.60. The Balaban J connectivity index is 0.000000461. The van der Waals surface area contributed by atoms with Crippen LogP contribution in [0.1, 0.15) is 13.8 Å². The zero-order valence-corrected chi connectivity index (χ0v) is 6.44. The second-order valence-electron chi connectivity index (χ2n) is 1.60. The smallest absolute Gasteiger partial charge is 0.167 e. The summed E-state index contributed by atoms with van der Waals surface area (Å²) in [7, 11) is 0. The molecule has 0 unspecified atom stereocenters. The van der Waals surface area contributed by atoms with Gasteiger partial charge in [-0.3, -0.25) is 0 Å². The highest BCUT2D eigenvalue weighted by Gasteiger charge is 1.98. The molecule has 0 amide bonds. The van der Waals surface area contributed by atoms with Crippen LogP contribution < -0.4 is 0 Å². The molecule has 0 aromatic heterocycles. The summed E-state index contributed by atoms with van der Waals surface area (Å²) in [5, 5.41) is 8.50. The van der Waals surface area contributed by atoms with Crippen molar-refractivity contribution in [1.29, 1.82) is 0 Å². The van der Waals surface area contributed by atoms with Crippen molar-refractivity contribution in [2.75, 3.05) is 0 Å². The molecule has 0 bridgehead atoms. The van der Waals surface area contributed by atoms with Gasteiger partial charge in [0.1, 0.15) is 5.82 Å². The van der Waals surface area contributed by atoms with Crippen LogP contribution in [0.4, 0.5) is 8.78 Å². The highest BCUT2D eigenvalue weighted by Crippen LogP contribution is 2.14. The monoisotopic (exact) mass is 160 g/mol. The molecule has 1 N–H and O–H groups in total. The molecule has 1 rings (SSSR count). The number of halogens is 2. The quantitative estimate of drug-likeness (QED) is 0.618. The molecular formula is C8H10F2O. The van der Waals surface area contributed by atoms with Gasteiger partial charge in [0.15, 0.2) is 11.6 Å². The van der Waals surface area contributed by atoms with Gasteiger partial charge in [-0.05, 0) is 12.1 Å². The lowest BCUT2D eigenvalue weighted by Gasteiger charge is -1.91. The number of hydrogen-bond acceptors (Lipinski definition) is 1. The van der Waals surface area contributed by atoms with Crippen molar-refractivity contribution in [1.82, 2.24) is 0 Å². The summed E-state index contributed by atoms with van der Waals surface area (Å²) in [6.07, 6.45) is 0. The Labute approximate surface area is 64.3 Å². The molecule has 0 heterocycles. The van der Waals surface area contributed by atoms with Crippen LogP contribution in [-0.2, 0) is 0 Å². The number of phenols is 1. The van der Waals surface area contributed by atoms with E-state index >= 15 is 0 Å². The van der Waals surface area contributed by atoms with Gasteiger partial charge in [-0.1, -0.05) is 13.8 Å². The first-order valence-corrected chi connectivity index (χ1v) is 3.34. The molecule has 62 valence electrons. The molecule has 0 radical (unpaired) electrons. The van der Waals surface area contributed by atoms with Crippen LogP contribution in [0.5, 0.6) is 5.75 Å². The molecule has 1 nitrogen and oxygen atoms in total. The van der Waals surface area contributed by atoms with Gasteiger partial charge in [-0.2, -0.15) is 0 Å². The molecule has 0 saturated carbocycles. The Kier molecular flexibility index (Phi) is 4.18. The Morgan fingerprint density at radius 3 is 2.09 bits per heavy atom. The van der Waals surface area contributed by atoms with Crippen LogP contribution in [0.2, 0.25) is 0 Å². The maximum Gasteiger partial charge on any atom is 0.167 e. The summed E-state index contributed by atoms with van der Waals surface area (Å²) in [6.45, 7) is 4.00. The molecule has 0 aliphatic carbocycles. The highest BCUT2D eigenvalue weighted by atomic mass is 19.1. The van der Waals surface area contributed by atoms with Crippen molar-refractivity contribution in [2.45, 2.75) is 13.8 Å². The van der Waals surface area contributed by atoms with E-state index in [-0.39, 0.29) is 0 Å². The summed E-state index contributed by atoms with van der Waals surface area (Å²) >= 11 is 0. The molecule has 0 aliphatic rings. The number of hydrogen-bond donors (Lipinski definition) is 1. The molecule has 0 aliphatic heterocycles. The summed E-state index contributed by atoms with van der Waals surface area (Å²) in [6, 6.07) is 2.57. The topological polar surface area (TPSA) is 20.2 Å². The van der Waals surface area contributed by atoms with Crippen LogP contribution in [0.15, 0.2) is 18.2 Å². The van der Waals surface area contributed by atoms with E-state index in [4.69, 9.17) is 5.11 Å². The maximum atomic E-state index is 12.1. The molecule has 1 aromatic carbocycles. The molecule has 1 aromatic rings. The van der Waals surface area contributed by atoms with E-state index in [1.54, 1.807) is 0 Å². The SMILES string of the molecule is CC.Oc1ccc(F)cc1F. The molecule has 0 atom stereocenters. The fraction of sp³-hybridized carbons (Fsp3) is 0.250. The van der Waals surface area contributed by atoms with Crippen molar-refractivity contribution in [3.8, 4) is 5.75 Å². The van der Waals surface area contributed by atoms with E-state index in [0.29, 0.717) is 6.07 Å². The van der Waals surface area contributed by atoms with E-state index in [0.717, 1.165) is 12.1 Å². The van der Waals surface area contributed by atoms with E-state index in [1.807, 2.05) is 13.8 Å². The van der Waals surface area contributed by atoms with Gasteiger partial charge in [0.2, 0.25) is 0 Å². The average molecular weight is 160 g/mol. The number of aromatic hydroxyl groups is 1. The number of phenolic OH excluding ortho intramolecular Hbond substituents is 1. The van der Waals surface area contributed by atoms with Crippen LogP contribution in [0.25, 0.3) is 0 Å². The minimum absolute atomic E-state index is 0.531. The predicted molar refractivity (Wildman–Crippen MR) is 39.4 cm³/mol. The Hall–Kier alpha value is -1.12. The molecule has 0 spiro atoms. The second kappa shape index (κ2) is 4.66. The van der Waals surface area contributed by atoms with Crippen molar-refractivity contribution < 1.29 is 13.9 Å². The Morgan fingerprint density at radius 2 is 1.73 bits per heavy atom. The first-order valence-electron chi connectivity index (χ1n) is 3.34. The van der Waals surface area contributed by atoms with Crippen LogP contribution in [0.3, 0.4) is 0 Å². The lowest BCUT2D eigenvalue weighted by molar-refractivity contribution is 0.428. The van der Waals surface area contributed by atoms with Gasteiger partial charge >= 0.3 is 0 Å². The number of benzene rings is 1. The lowest BCUT2D eigenvalue weighted by Crippen LogP contribution is -1.77. The van der Waals surface area contributed by atoms with Crippen LogP contribution in [-0.4, -0.2) is 5.11 Å². The van der Waals surface area contributed by atoms with Gasteiger partial charge in [-0.15, -0.1) is 0 Å². The first kappa shape index (κ1) is 9.88. The highest BCUT2D eigenvalue weighted by molar-refractivity contribution is 5.22. The van der Waals surface area contributed by atoms with Gasteiger partial charge in [0, 0.05) is 6.07 Å². The summed E-state index contributed by atoms with van der Waals surface area (Å²) in [5.74, 6) is -2.16. The summed E-state index contributed by atoms with van der Waals surface area (Å²) in [5.41, 5.74) is 0. The standard InChI is InChI=1S/C6H4F2O.C2H6/c7-4-1-2-6(9)5(8)3-4;1-2/h1-3,9H;1-2H3. The minimum atomic E-state index is -0.935. The normalized spacial score (nSPS) is 8.36. The Bertz CT molecular complexity index is 223. The minimum Gasteiger partial charge on any atom is -0.505 e. The number of rotatable bonds is 0. The van der Waals surface area contributed by atoms with Crippen molar-refractivity contribution in [3.63, 3.8) is 0 Å². The summed E-state index contributed by atoms with van der Waals surface area (Å²) in [4.78, 5) is 0. The molecular weight excluding hydrogens is 150 g/mol. The van der Waals surface area contributed by atoms with E-state index < -0.39 is 17.4 Å². The zero-order valence-electron chi connectivity index (χ0n) is 6.44. The first-order chi connectivity index (χ1) is 5.20. The molecule has 0 fully saturated rings.